The maximum atomic E-state index is 11.9. The van der Waals surface area contributed by atoms with Crippen molar-refractivity contribution in [2.45, 2.75) is 38.2 Å². The molecule has 6 heteroatoms. The highest BCUT2D eigenvalue weighted by Gasteiger charge is 2.48. The number of rotatable bonds is 6. The zero-order valence-electron chi connectivity index (χ0n) is 12.5. The lowest BCUT2D eigenvalue weighted by Crippen LogP contribution is -2.48. The first-order chi connectivity index (χ1) is 10.0. The molecule has 2 fully saturated rings. The van der Waals surface area contributed by atoms with Crippen molar-refractivity contribution in [2.24, 2.45) is 5.92 Å². The third-order valence-electron chi connectivity index (χ3n) is 4.11. The summed E-state index contributed by atoms with van der Waals surface area (Å²) in [7, 11) is 0. The fraction of sp³-hybridized carbons (Fsp3) is 0.733. The molecule has 0 radical (unpaired) electrons. The minimum absolute atomic E-state index is 0.105. The molecule has 1 N–H and O–H groups in total. The number of ether oxygens (including phenoxy) is 3. The number of amides is 1. The second-order valence-electron chi connectivity index (χ2n) is 5.73. The van der Waals surface area contributed by atoms with Crippen LogP contribution in [0.4, 0.5) is 4.79 Å². The second-order valence-corrected chi connectivity index (χ2v) is 5.73. The van der Waals surface area contributed by atoms with Crippen LogP contribution in [0.2, 0.25) is 0 Å². The molecule has 1 heterocycles. The largest absolute Gasteiger partial charge is 0.460 e. The lowest BCUT2D eigenvalue weighted by atomic mass is 9.72. The summed E-state index contributed by atoms with van der Waals surface area (Å²) in [5, 5.41) is 2.61. The Morgan fingerprint density at radius 1 is 1.43 bits per heavy atom. The van der Waals surface area contributed by atoms with Crippen LogP contribution in [0.5, 0.6) is 0 Å². The van der Waals surface area contributed by atoms with Crippen LogP contribution in [-0.4, -0.2) is 44.0 Å². The van der Waals surface area contributed by atoms with E-state index in [-0.39, 0.29) is 13.2 Å². The third-order valence-corrected chi connectivity index (χ3v) is 4.11. The molecule has 6 nitrogen and oxygen atoms in total. The van der Waals surface area contributed by atoms with E-state index in [0.29, 0.717) is 24.7 Å². The minimum Gasteiger partial charge on any atom is -0.460 e. The highest BCUT2D eigenvalue weighted by Crippen LogP contribution is 2.43. The quantitative estimate of drug-likeness (QED) is 0.459. The van der Waals surface area contributed by atoms with Crippen LogP contribution in [-0.2, 0) is 19.0 Å². The monoisotopic (exact) mass is 297 g/mol. The van der Waals surface area contributed by atoms with Gasteiger partial charge in [-0.05, 0) is 19.8 Å². The van der Waals surface area contributed by atoms with E-state index in [1.165, 1.54) is 6.42 Å². The standard InChI is InChI=1S/C15H23NO5/c1-11(2)13(17)20-9-7-16-14(18)21-15(6-8-19-10-15)12-4-3-5-12/h12H,1,3-10H2,2H3,(H,16,18). The van der Waals surface area contributed by atoms with Crippen LogP contribution in [0.1, 0.15) is 32.6 Å². The molecule has 21 heavy (non-hydrogen) atoms. The van der Waals surface area contributed by atoms with Crippen LogP contribution >= 0.6 is 0 Å². The van der Waals surface area contributed by atoms with Crippen molar-refractivity contribution in [3.05, 3.63) is 12.2 Å². The molecule has 0 bridgehead atoms. The maximum Gasteiger partial charge on any atom is 0.407 e. The molecule has 1 atom stereocenters. The van der Waals surface area contributed by atoms with Gasteiger partial charge in [-0.25, -0.2) is 9.59 Å². The van der Waals surface area contributed by atoms with Gasteiger partial charge in [-0.2, -0.15) is 0 Å². The molecule has 1 saturated carbocycles. The Morgan fingerprint density at radius 3 is 2.71 bits per heavy atom. The van der Waals surface area contributed by atoms with Crippen molar-refractivity contribution in [2.75, 3.05) is 26.4 Å². The summed E-state index contributed by atoms with van der Waals surface area (Å²) in [4.78, 5) is 23.1. The summed E-state index contributed by atoms with van der Waals surface area (Å²) < 4.78 is 15.9. The Bertz CT molecular complexity index is 410. The molecular formula is C15H23NO5. The molecular weight excluding hydrogens is 274 g/mol. The SMILES string of the molecule is C=C(C)C(=O)OCCNC(=O)OC1(C2CCC2)CCOC1. The van der Waals surface area contributed by atoms with E-state index >= 15 is 0 Å². The molecule has 0 aromatic rings. The summed E-state index contributed by atoms with van der Waals surface area (Å²) in [5.74, 6) is -0.0488. The van der Waals surface area contributed by atoms with E-state index < -0.39 is 17.7 Å². The van der Waals surface area contributed by atoms with Crippen LogP contribution in [0.15, 0.2) is 12.2 Å². The molecule has 0 spiro atoms. The molecule has 0 aromatic heterocycles. The van der Waals surface area contributed by atoms with Gasteiger partial charge in [0.2, 0.25) is 0 Å². The average molecular weight is 297 g/mol. The predicted molar refractivity (Wildman–Crippen MR) is 75.8 cm³/mol. The molecule has 2 aliphatic rings. The number of carbonyl (C=O) groups excluding carboxylic acids is 2. The van der Waals surface area contributed by atoms with Gasteiger partial charge < -0.3 is 19.5 Å². The topological polar surface area (TPSA) is 73.9 Å². The van der Waals surface area contributed by atoms with Gasteiger partial charge in [0.15, 0.2) is 0 Å². The number of alkyl carbamates (subject to hydrolysis) is 1. The smallest absolute Gasteiger partial charge is 0.407 e. The van der Waals surface area contributed by atoms with Crippen molar-refractivity contribution >= 4 is 12.1 Å². The second kappa shape index (κ2) is 6.93. The van der Waals surface area contributed by atoms with Gasteiger partial charge in [-0.3, -0.25) is 0 Å². The van der Waals surface area contributed by atoms with Gasteiger partial charge in [-0.1, -0.05) is 13.0 Å². The van der Waals surface area contributed by atoms with E-state index in [4.69, 9.17) is 14.2 Å². The van der Waals surface area contributed by atoms with Crippen molar-refractivity contribution in [1.82, 2.24) is 5.32 Å². The predicted octanol–water partition coefficient (Wildman–Crippen LogP) is 1.79. The Balaban J connectivity index is 1.70. The van der Waals surface area contributed by atoms with Crippen molar-refractivity contribution in [3.63, 3.8) is 0 Å². The Labute approximate surface area is 124 Å². The lowest BCUT2D eigenvalue weighted by Gasteiger charge is -2.40. The molecule has 2 rings (SSSR count). The van der Waals surface area contributed by atoms with Gasteiger partial charge in [0, 0.05) is 17.9 Å². The van der Waals surface area contributed by atoms with Crippen molar-refractivity contribution in [1.29, 1.82) is 0 Å². The average Bonchev–Trinajstić information content (AvgIpc) is 2.80. The summed E-state index contributed by atoms with van der Waals surface area (Å²) >= 11 is 0. The van der Waals surface area contributed by atoms with Crippen LogP contribution < -0.4 is 5.32 Å². The molecule has 1 aliphatic carbocycles. The van der Waals surface area contributed by atoms with Crippen LogP contribution in [0.25, 0.3) is 0 Å². The molecule has 1 unspecified atom stereocenters. The Morgan fingerprint density at radius 2 is 2.19 bits per heavy atom. The normalized spacial score (nSPS) is 25.0. The third kappa shape index (κ3) is 3.97. The molecule has 118 valence electrons. The number of esters is 1. The number of nitrogens with one attached hydrogen (secondary N) is 1. The van der Waals surface area contributed by atoms with Gasteiger partial charge in [-0.15, -0.1) is 0 Å². The highest BCUT2D eigenvalue weighted by atomic mass is 16.6. The summed E-state index contributed by atoms with van der Waals surface area (Å²) in [6.45, 7) is 6.50. The maximum absolute atomic E-state index is 11.9. The number of hydrogen-bond acceptors (Lipinski definition) is 5. The first kappa shape index (κ1) is 15.8. The van der Waals surface area contributed by atoms with E-state index in [1.807, 2.05) is 0 Å². The number of carbonyl (C=O) groups is 2. The number of hydrogen-bond donors (Lipinski definition) is 1. The van der Waals surface area contributed by atoms with Crippen molar-refractivity contribution in [3.8, 4) is 0 Å². The first-order valence-electron chi connectivity index (χ1n) is 7.41. The highest BCUT2D eigenvalue weighted by molar-refractivity contribution is 5.86. The zero-order chi connectivity index (χ0) is 15.3. The zero-order valence-corrected chi connectivity index (χ0v) is 12.5. The van der Waals surface area contributed by atoms with E-state index in [2.05, 4.69) is 11.9 Å². The fourth-order valence-corrected chi connectivity index (χ4v) is 2.62. The van der Waals surface area contributed by atoms with Crippen molar-refractivity contribution < 1.29 is 23.8 Å². The molecule has 1 amide bonds. The summed E-state index contributed by atoms with van der Waals surface area (Å²) in [6, 6.07) is 0. The van der Waals surface area contributed by atoms with Crippen LogP contribution in [0.3, 0.4) is 0 Å². The Hall–Kier alpha value is -1.56. The van der Waals surface area contributed by atoms with Gasteiger partial charge in [0.1, 0.15) is 12.2 Å². The van der Waals surface area contributed by atoms with Gasteiger partial charge >= 0.3 is 12.1 Å². The first-order valence-corrected chi connectivity index (χ1v) is 7.41. The van der Waals surface area contributed by atoms with E-state index in [0.717, 1.165) is 19.3 Å². The minimum atomic E-state index is -0.473. The van der Waals surface area contributed by atoms with E-state index in [1.54, 1.807) is 6.92 Å². The summed E-state index contributed by atoms with van der Waals surface area (Å²) in [6.07, 6.45) is 3.66. The summed E-state index contributed by atoms with van der Waals surface area (Å²) in [5.41, 5.74) is -0.124. The lowest BCUT2D eigenvalue weighted by molar-refractivity contribution is -0.138. The van der Waals surface area contributed by atoms with Gasteiger partial charge in [0.05, 0.1) is 19.8 Å². The molecule has 1 aliphatic heterocycles. The molecule has 1 saturated heterocycles. The fourth-order valence-electron chi connectivity index (χ4n) is 2.62. The molecule has 0 aromatic carbocycles. The van der Waals surface area contributed by atoms with Crippen LogP contribution in [0, 0.1) is 5.92 Å². The van der Waals surface area contributed by atoms with Gasteiger partial charge in [0.25, 0.3) is 0 Å². The van der Waals surface area contributed by atoms with E-state index in [9.17, 15) is 9.59 Å². The Kier molecular flexibility index (Phi) is 5.22.